The first-order valence-corrected chi connectivity index (χ1v) is 7.75. The average molecular weight is 303 g/mol. The van der Waals surface area contributed by atoms with Gasteiger partial charge in [0.1, 0.15) is 0 Å². The molecule has 110 valence electrons. The van der Waals surface area contributed by atoms with Gasteiger partial charge in [-0.3, -0.25) is 4.79 Å². The summed E-state index contributed by atoms with van der Waals surface area (Å²) in [7, 11) is 0. The number of carbonyl (C=O) groups is 1. The van der Waals surface area contributed by atoms with Crippen molar-refractivity contribution in [3.05, 3.63) is 46.0 Å². The molecule has 0 spiro atoms. The summed E-state index contributed by atoms with van der Waals surface area (Å²) in [5.74, 6) is -0.00972. The second-order valence-corrected chi connectivity index (χ2v) is 5.91. The Labute approximate surface area is 127 Å². The molecule has 0 saturated heterocycles. The van der Waals surface area contributed by atoms with Gasteiger partial charge in [0.05, 0.1) is 36.2 Å². The van der Waals surface area contributed by atoms with Gasteiger partial charge in [-0.1, -0.05) is 28.8 Å². The van der Waals surface area contributed by atoms with Crippen LogP contribution in [0.4, 0.5) is 0 Å². The van der Waals surface area contributed by atoms with E-state index in [0.29, 0.717) is 19.6 Å². The van der Waals surface area contributed by atoms with Crippen LogP contribution in [-0.4, -0.2) is 22.1 Å². The molecule has 0 aliphatic carbocycles. The molecule has 1 atom stereocenters. The van der Waals surface area contributed by atoms with Crippen LogP contribution >= 0.6 is 11.5 Å². The van der Waals surface area contributed by atoms with Crippen LogP contribution in [0.5, 0.6) is 0 Å². The second-order valence-electron chi connectivity index (χ2n) is 5.07. The van der Waals surface area contributed by atoms with Crippen molar-refractivity contribution < 1.29 is 9.53 Å². The highest BCUT2D eigenvalue weighted by atomic mass is 32.1. The second kappa shape index (κ2) is 6.32. The fraction of sp³-hybridized carbons (Fsp3) is 0.400. The topological polar surface area (TPSA) is 64.1 Å². The van der Waals surface area contributed by atoms with E-state index in [2.05, 4.69) is 21.0 Å². The molecule has 1 aromatic heterocycles. The number of carbonyl (C=O) groups excluding carboxylic acids is 1. The van der Waals surface area contributed by atoms with Gasteiger partial charge in [-0.15, -0.1) is 5.10 Å². The van der Waals surface area contributed by atoms with E-state index in [4.69, 9.17) is 4.74 Å². The average Bonchev–Trinajstić information content (AvgIpc) is 2.91. The van der Waals surface area contributed by atoms with Crippen LogP contribution in [0.2, 0.25) is 0 Å². The number of nitrogens with zero attached hydrogens (tertiary/aromatic N) is 2. The third kappa shape index (κ3) is 3.28. The Bertz CT molecular complexity index is 641. The van der Waals surface area contributed by atoms with E-state index in [1.807, 2.05) is 25.1 Å². The van der Waals surface area contributed by atoms with Crippen LogP contribution in [-0.2, 0) is 22.5 Å². The van der Waals surface area contributed by atoms with Gasteiger partial charge in [0.2, 0.25) is 5.91 Å². The standard InChI is InChI=1S/C15H17N3O2S/c1-10-14(21-18-17-10)9-16-15(19)8-13-12-5-3-2-4-11(12)6-7-20-13/h2-5,13H,6-9H2,1H3,(H,16,19). The van der Waals surface area contributed by atoms with Crippen molar-refractivity contribution in [1.82, 2.24) is 14.9 Å². The van der Waals surface area contributed by atoms with E-state index in [9.17, 15) is 4.79 Å². The summed E-state index contributed by atoms with van der Waals surface area (Å²) in [6, 6.07) is 8.17. The van der Waals surface area contributed by atoms with Crippen molar-refractivity contribution in [2.45, 2.75) is 32.4 Å². The molecule has 0 fully saturated rings. The lowest BCUT2D eigenvalue weighted by Gasteiger charge is -2.25. The summed E-state index contributed by atoms with van der Waals surface area (Å²) in [4.78, 5) is 13.1. The zero-order valence-electron chi connectivity index (χ0n) is 11.8. The number of fused-ring (bicyclic) bond motifs is 1. The monoisotopic (exact) mass is 303 g/mol. The number of ether oxygens (including phenoxy) is 1. The highest BCUT2D eigenvalue weighted by Gasteiger charge is 2.23. The first-order valence-electron chi connectivity index (χ1n) is 6.98. The van der Waals surface area contributed by atoms with Gasteiger partial charge in [-0.25, -0.2) is 0 Å². The van der Waals surface area contributed by atoms with Gasteiger partial charge in [0.15, 0.2) is 0 Å². The number of hydrogen-bond donors (Lipinski definition) is 1. The fourth-order valence-electron chi connectivity index (χ4n) is 2.48. The molecule has 1 N–H and O–H groups in total. The van der Waals surface area contributed by atoms with E-state index in [-0.39, 0.29) is 12.0 Å². The number of amides is 1. The van der Waals surface area contributed by atoms with Crippen LogP contribution in [0, 0.1) is 6.92 Å². The summed E-state index contributed by atoms with van der Waals surface area (Å²) < 4.78 is 9.61. The molecule has 1 aliphatic rings. The van der Waals surface area contributed by atoms with Gasteiger partial charge in [-0.05, 0) is 36.0 Å². The number of aromatic nitrogens is 2. The molecule has 21 heavy (non-hydrogen) atoms. The van der Waals surface area contributed by atoms with E-state index in [1.54, 1.807) is 0 Å². The lowest BCUT2D eigenvalue weighted by molar-refractivity contribution is -0.124. The Morgan fingerprint density at radius 1 is 1.48 bits per heavy atom. The number of rotatable bonds is 4. The quantitative estimate of drug-likeness (QED) is 0.940. The van der Waals surface area contributed by atoms with E-state index in [1.165, 1.54) is 17.1 Å². The molecule has 5 nitrogen and oxygen atoms in total. The number of aryl methyl sites for hydroxylation is 1. The summed E-state index contributed by atoms with van der Waals surface area (Å²) in [6.45, 7) is 3.05. The van der Waals surface area contributed by atoms with Gasteiger partial charge in [-0.2, -0.15) is 0 Å². The molecule has 1 unspecified atom stereocenters. The minimum Gasteiger partial charge on any atom is -0.373 e. The highest BCUT2D eigenvalue weighted by molar-refractivity contribution is 7.05. The number of nitrogens with one attached hydrogen (secondary N) is 1. The third-order valence-corrected chi connectivity index (χ3v) is 4.48. The van der Waals surface area contributed by atoms with Crippen LogP contribution in [0.15, 0.2) is 24.3 Å². The molecule has 6 heteroatoms. The maximum Gasteiger partial charge on any atom is 0.223 e. The molecule has 0 bridgehead atoms. The Kier molecular flexibility index (Phi) is 4.26. The van der Waals surface area contributed by atoms with E-state index >= 15 is 0 Å². The lowest BCUT2D eigenvalue weighted by Crippen LogP contribution is -2.27. The predicted octanol–water partition coefficient (Wildman–Crippen LogP) is 2.17. The SMILES string of the molecule is Cc1nnsc1CNC(=O)CC1OCCc2ccccc21. The molecular formula is C15H17N3O2S. The molecular weight excluding hydrogens is 286 g/mol. The van der Waals surface area contributed by atoms with Crippen LogP contribution in [0.25, 0.3) is 0 Å². The molecule has 0 radical (unpaired) electrons. The summed E-state index contributed by atoms with van der Waals surface area (Å²) in [5, 5.41) is 6.85. The Morgan fingerprint density at radius 3 is 3.14 bits per heavy atom. The minimum absolute atomic E-state index is 0.00972. The van der Waals surface area contributed by atoms with Crippen molar-refractivity contribution in [2.24, 2.45) is 0 Å². The molecule has 1 amide bonds. The maximum absolute atomic E-state index is 12.1. The molecule has 1 aliphatic heterocycles. The zero-order valence-corrected chi connectivity index (χ0v) is 12.7. The first-order chi connectivity index (χ1) is 10.2. The molecule has 2 heterocycles. The normalized spacial score (nSPS) is 17.3. The van der Waals surface area contributed by atoms with Crippen molar-refractivity contribution in [2.75, 3.05) is 6.61 Å². The van der Waals surface area contributed by atoms with Crippen molar-refractivity contribution in [1.29, 1.82) is 0 Å². The molecule has 2 aromatic rings. The Morgan fingerprint density at radius 2 is 2.33 bits per heavy atom. The Balaban J connectivity index is 1.60. The van der Waals surface area contributed by atoms with Crippen molar-refractivity contribution >= 4 is 17.4 Å². The van der Waals surface area contributed by atoms with Crippen molar-refractivity contribution in [3.63, 3.8) is 0 Å². The van der Waals surface area contributed by atoms with E-state index < -0.39 is 0 Å². The molecule has 0 saturated carbocycles. The van der Waals surface area contributed by atoms with E-state index in [0.717, 1.165) is 22.6 Å². The third-order valence-electron chi connectivity index (χ3n) is 3.65. The zero-order chi connectivity index (χ0) is 14.7. The maximum atomic E-state index is 12.1. The number of hydrogen-bond acceptors (Lipinski definition) is 5. The van der Waals surface area contributed by atoms with Crippen LogP contribution in [0.1, 0.15) is 34.2 Å². The summed E-state index contributed by atoms with van der Waals surface area (Å²) in [5.41, 5.74) is 3.29. The minimum atomic E-state index is -0.143. The highest BCUT2D eigenvalue weighted by Crippen LogP contribution is 2.29. The first kappa shape index (κ1) is 14.2. The molecule has 1 aromatic carbocycles. The summed E-state index contributed by atoms with van der Waals surface area (Å²) >= 11 is 1.32. The van der Waals surface area contributed by atoms with Gasteiger partial charge < -0.3 is 10.1 Å². The van der Waals surface area contributed by atoms with Crippen LogP contribution in [0.3, 0.4) is 0 Å². The fourth-order valence-corrected chi connectivity index (χ4v) is 3.05. The largest absolute Gasteiger partial charge is 0.373 e. The van der Waals surface area contributed by atoms with Crippen LogP contribution < -0.4 is 5.32 Å². The van der Waals surface area contributed by atoms with Gasteiger partial charge >= 0.3 is 0 Å². The van der Waals surface area contributed by atoms with Gasteiger partial charge in [0, 0.05) is 0 Å². The Hall–Kier alpha value is -1.79. The lowest BCUT2D eigenvalue weighted by atomic mass is 9.95. The van der Waals surface area contributed by atoms with Gasteiger partial charge in [0.25, 0.3) is 0 Å². The molecule has 3 rings (SSSR count). The van der Waals surface area contributed by atoms with Crippen molar-refractivity contribution in [3.8, 4) is 0 Å². The summed E-state index contributed by atoms with van der Waals surface area (Å²) in [6.07, 6.45) is 1.12. The number of benzene rings is 1. The predicted molar refractivity (Wildman–Crippen MR) is 79.9 cm³/mol. The smallest absolute Gasteiger partial charge is 0.223 e.